The van der Waals surface area contributed by atoms with E-state index >= 15 is 0 Å². The van der Waals surface area contributed by atoms with Gasteiger partial charge in [0.1, 0.15) is 0 Å². The molecule has 1 rings (SSSR count). The molecule has 1 aromatic carbocycles. The fourth-order valence-electron chi connectivity index (χ4n) is 0.928. The third-order valence-electron chi connectivity index (χ3n) is 1.84. The molecule has 0 spiro atoms. The number of hydrogen-bond acceptors (Lipinski definition) is 2. The highest BCUT2D eigenvalue weighted by atomic mass is 35.7. The highest BCUT2D eigenvalue weighted by Gasteiger charge is 2.20. The predicted molar refractivity (Wildman–Crippen MR) is 59.6 cm³/mol. The van der Waals surface area contributed by atoms with Crippen LogP contribution in [0.15, 0.2) is 18.2 Å². The van der Waals surface area contributed by atoms with E-state index in [0.717, 1.165) is 0 Å². The Balaban J connectivity index is 3.16. The van der Waals surface area contributed by atoms with Gasteiger partial charge in [-0.15, -0.1) is 0 Å². The molecule has 0 heterocycles. The van der Waals surface area contributed by atoms with Gasteiger partial charge in [-0.05, 0) is 24.6 Å². The maximum Gasteiger partial charge on any atom is 0.239 e. The zero-order chi connectivity index (χ0) is 10.9. The number of hydrogen-bond donors (Lipinski definition) is 0. The zero-order valence-electron chi connectivity index (χ0n) is 7.17. The van der Waals surface area contributed by atoms with Crippen LogP contribution in [-0.2, 0) is 9.05 Å². The molecule has 2 nitrogen and oxygen atoms in total. The average Bonchev–Trinajstić information content (AvgIpc) is 2.07. The third-order valence-corrected chi connectivity index (χ3v) is 4.49. The van der Waals surface area contributed by atoms with E-state index in [-0.39, 0.29) is 0 Å². The van der Waals surface area contributed by atoms with Crippen LogP contribution in [0, 0.1) is 0 Å². The maximum absolute atomic E-state index is 11.0. The van der Waals surface area contributed by atoms with E-state index in [1.54, 1.807) is 6.07 Å². The van der Waals surface area contributed by atoms with Gasteiger partial charge in [-0.2, -0.15) is 0 Å². The summed E-state index contributed by atoms with van der Waals surface area (Å²) in [6.45, 7) is 1.49. The van der Waals surface area contributed by atoms with Crippen molar-refractivity contribution in [2.75, 3.05) is 0 Å². The van der Waals surface area contributed by atoms with Crippen molar-refractivity contribution in [2.45, 2.75) is 12.2 Å². The minimum atomic E-state index is -3.61. The molecule has 0 aromatic heterocycles. The Morgan fingerprint density at radius 1 is 1.21 bits per heavy atom. The summed E-state index contributed by atoms with van der Waals surface area (Å²) in [5.74, 6) is 0. The summed E-state index contributed by atoms with van der Waals surface area (Å²) in [5, 5.41) is -0.0927. The topological polar surface area (TPSA) is 34.1 Å². The van der Waals surface area contributed by atoms with E-state index in [4.69, 9.17) is 33.9 Å². The van der Waals surface area contributed by atoms with Crippen LogP contribution < -0.4 is 0 Å². The summed E-state index contributed by atoms with van der Waals surface area (Å²) >= 11 is 11.4. The maximum atomic E-state index is 11.0. The third kappa shape index (κ3) is 2.76. The van der Waals surface area contributed by atoms with E-state index in [2.05, 4.69) is 0 Å². The predicted octanol–water partition coefficient (Wildman–Crippen LogP) is 3.62. The van der Waals surface area contributed by atoms with Crippen LogP contribution in [0.1, 0.15) is 17.7 Å². The largest absolute Gasteiger partial charge is 0.239 e. The van der Waals surface area contributed by atoms with Crippen molar-refractivity contribution in [1.29, 1.82) is 0 Å². The molecule has 14 heavy (non-hydrogen) atoms. The van der Waals surface area contributed by atoms with Crippen LogP contribution in [0.25, 0.3) is 0 Å². The molecule has 0 saturated carbocycles. The lowest BCUT2D eigenvalue weighted by molar-refractivity contribution is 0.600. The highest BCUT2D eigenvalue weighted by molar-refractivity contribution is 8.13. The van der Waals surface area contributed by atoms with Gasteiger partial charge in [-0.1, -0.05) is 29.3 Å². The molecule has 0 radical (unpaired) electrons. The normalized spacial score (nSPS) is 14.0. The molecular weight excluding hydrogens is 267 g/mol. The summed E-state index contributed by atoms with van der Waals surface area (Å²) in [6.07, 6.45) is 0. The van der Waals surface area contributed by atoms with Crippen molar-refractivity contribution in [3.05, 3.63) is 33.8 Å². The van der Waals surface area contributed by atoms with Crippen LogP contribution in [0.5, 0.6) is 0 Å². The Hall–Kier alpha value is 0.0400. The van der Waals surface area contributed by atoms with Crippen molar-refractivity contribution in [3.63, 3.8) is 0 Å². The standard InChI is InChI=1S/C8H7Cl3O2S/c1-5(14(11,12)13)6-2-3-7(9)8(10)4-6/h2-5H,1H3. The zero-order valence-corrected chi connectivity index (χ0v) is 10.3. The SMILES string of the molecule is CC(c1ccc(Cl)c(Cl)c1)S(=O)(=O)Cl. The Morgan fingerprint density at radius 3 is 2.21 bits per heavy atom. The van der Waals surface area contributed by atoms with Gasteiger partial charge >= 0.3 is 0 Å². The van der Waals surface area contributed by atoms with Crippen LogP contribution in [0.4, 0.5) is 0 Å². The monoisotopic (exact) mass is 272 g/mol. The van der Waals surface area contributed by atoms with Gasteiger partial charge in [0.05, 0.1) is 15.3 Å². The van der Waals surface area contributed by atoms with E-state index in [0.29, 0.717) is 15.6 Å². The van der Waals surface area contributed by atoms with Crippen molar-refractivity contribution < 1.29 is 8.42 Å². The molecule has 0 bridgehead atoms. The quantitative estimate of drug-likeness (QED) is 0.771. The lowest BCUT2D eigenvalue weighted by Crippen LogP contribution is -2.02. The lowest BCUT2D eigenvalue weighted by atomic mass is 10.2. The van der Waals surface area contributed by atoms with Crippen molar-refractivity contribution in [2.24, 2.45) is 0 Å². The molecule has 0 saturated heterocycles. The number of halogens is 3. The fraction of sp³-hybridized carbons (Fsp3) is 0.250. The Kier molecular flexibility index (Phi) is 3.69. The van der Waals surface area contributed by atoms with Gasteiger partial charge in [0.2, 0.25) is 9.05 Å². The van der Waals surface area contributed by atoms with E-state index in [1.807, 2.05) is 0 Å². The fourth-order valence-corrected chi connectivity index (χ4v) is 2.01. The molecule has 0 aliphatic carbocycles. The van der Waals surface area contributed by atoms with Crippen LogP contribution in [0.2, 0.25) is 10.0 Å². The summed E-state index contributed by atoms with van der Waals surface area (Å²) in [4.78, 5) is 0. The van der Waals surface area contributed by atoms with Crippen molar-refractivity contribution in [1.82, 2.24) is 0 Å². The second-order valence-corrected chi connectivity index (χ2v) is 6.55. The van der Waals surface area contributed by atoms with E-state index in [9.17, 15) is 8.42 Å². The summed E-state index contributed by atoms with van der Waals surface area (Å²) in [6, 6.07) is 4.62. The summed E-state index contributed by atoms with van der Waals surface area (Å²) in [5.41, 5.74) is 0.523. The smallest absolute Gasteiger partial charge is 0.212 e. The molecule has 0 aliphatic heterocycles. The minimum Gasteiger partial charge on any atom is -0.212 e. The van der Waals surface area contributed by atoms with Crippen LogP contribution >= 0.6 is 33.9 Å². The Labute approximate surface area is 97.2 Å². The lowest BCUT2D eigenvalue weighted by Gasteiger charge is -2.08. The van der Waals surface area contributed by atoms with E-state index in [1.165, 1.54) is 19.1 Å². The Bertz CT molecular complexity index is 442. The van der Waals surface area contributed by atoms with Gasteiger partial charge in [0.15, 0.2) is 0 Å². The van der Waals surface area contributed by atoms with Gasteiger partial charge in [-0.3, -0.25) is 0 Å². The van der Waals surface area contributed by atoms with Crippen LogP contribution in [0.3, 0.4) is 0 Å². The average molecular weight is 274 g/mol. The Morgan fingerprint density at radius 2 is 1.79 bits per heavy atom. The molecule has 0 aliphatic rings. The molecule has 6 heteroatoms. The molecule has 78 valence electrons. The van der Waals surface area contributed by atoms with Crippen molar-refractivity contribution in [3.8, 4) is 0 Å². The van der Waals surface area contributed by atoms with Gasteiger partial charge in [0.25, 0.3) is 0 Å². The number of benzene rings is 1. The van der Waals surface area contributed by atoms with E-state index < -0.39 is 14.3 Å². The molecular formula is C8H7Cl3O2S. The summed E-state index contributed by atoms with van der Waals surface area (Å²) < 4.78 is 22.0. The van der Waals surface area contributed by atoms with Crippen LogP contribution in [-0.4, -0.2) is 8.42 Å². The first-order valence-corrected chi connectivity index (χ1v) is 6.83. The minimum absolute atomic E-state index is 0.316. The molecule has 1 atom stereocenters. The number of rotatable bonds is 2. The van der Waals surface area contributed by atoms with Gasteiger partial charge in [0, 0.05) is 10.7 Å². The summed E-state index contributed by atoms with van der Waals surface area (Å²) in [7, 11) is 1.59. The first kappa shape index (κ1) is 12.1. The molecule has 0 fully saturated rings. The molecule has 1 unspecified atom stereocenters. The second-order valence-electron chi connectivity index (χ2n) is 2.79. The molecule has 0 amide bonds. The highest BCUT2D eigenvalue weighted by Crippen LogP contribution is 2.30. The molecule has 1 aromatic rings. The van der Waals surface area contributed by atoms with Gasteiger partial charge < -0.3 is 0 Å². The second kappa shape index (κ2) is 4.27. The first-order valence-electron chi connectivity index (χ1n) is 3.71. The van der Waals surface area contributed by atoms with Crippen molar-refractivity contribution >= 4 is 42.9 Å². The molecule has 0 N–H and O–H groups in total. The van der Waals surface area contributed by atoms with Gasteiger partial charge in [-0.25, -0.2) is 8.42 Å². The first-order chi connectivity index (χ1) is 6.32.